The van der Waals surface area contributed by atoms with E-state index >= 15 is 0 Å². The van der Waals surface area contributed by atoms with Crippen LogP contribution in [0.3, 0.4) is 0 Å². The van der Waals surface area contributed by atoms with Crippen molar-refractivity contribution in [3.8, 4) is 0 Å². The van der Waals surface area contributed by atoms with Crippen molar-refractivity contribution in [1.29, 1.82) is 0 Å². The van der Waals surface area contributed by atoms with Crippen LogP contribution in [0.1, 0.15) is 38.9 Å². The minimum Gasteiger partial charge on any atom is -0.386 e. The lowest BCUT2D eigenvalue weighted by molar-refractivity contribution is -0.133. The van der Waals surface area contributed by atoms with Gasteiger partial charge in [-0.25, -0.2) is 0 Å². The summed E-state index contributed by atoms with van der Waals surface area (Å²) in [6, 6.07) is 3.75. The number of aromatic nitrogens is 1. The average molecular weight is 475 g/mol. The molecule has 0 bridgehead atoms. The Balaban J connectivity index is 0.00000338. The SMILES string of the molecule is CCNC(=NCC(O)c1ccncc1)NC1CCN(C(=O)C(C)C)C1.I. The van der Waals surface area contributed by atoms with E-state index < -0.39 is 6.10 Å². The molecule has 1 aromatic rings. The quantitative estimate of drug-likeness (QED) is 0.330. The lowest BCUT2D eigenvalue weighted by Gasteiger charge is -2.20. The summed E-state index contributed by atoms with van der Waals surface area (Å²) in [7, 11) is 0. The van der Waals surface area contributed by atoms with Gasteiger partial charge in [-0.2, -0.15) is 0 Å². The molecule has 2 rings (SSSR count). The number of aliphatic hydroxyl groups excluding tert-OH is 1. The number of aliphatic hydroxyl groups is 1. The van der Waals surface area contributed by atoms with Crippen molar-refractivity contribution in [2.24, 2.45) is 10.9 Å². The van der Waals surface area contributed by atoms with Gasteiger partial charge in [0.05, 0.1) is 12.6 Å². The fraction of sp³-hybridized carbons (Fsp3) is 0.611. The van der Waals surface area contributed by atoms with Gasteiger partial charge in [-0.1, -0.05) is 13.8 Å². The third-order valence-corrected chi connectivity index (χ3v) is 4.19. The van der Waals surface area contributed by atoms with E-state index in [0.717, 1.165) is 25.1 Å². The van der Waals surface area contributed by atoms with Crippen molar-refractivity contribution >= 4 is 35.8 Å². The summed E-state index contributed by atoms with van der Waals surface area (Å²) in [4.78, 5) is 22.4. The Morgan fingerprint density at radius 1 is 1.42 bits per heavy atom. The summed E-state index contributed by atoms with van der Waals surface area (Å²) in [6.45, 7) is 8.31. The van der Waals surface area contributed by atoms with Crippen LogP contribution >= 0.6 is 24.0 Å². The van der Waals surface area contributed by atoms with Crippen molar-refractivity contribution < 1.29 is 9.90 Å². The minimum absolute atomic E-state index is 0. The topological polar surface area (TPSA) is 89.8 Å². The Labute approximate surface area is 172 Å². The maximum Gasteiger partial charge on any atom is 0.225 e. The molecule has 0 aromatic carbocycles. The average Bonchev–Trinajstić information content (AvgIpc) is 3.08. The maximum absolute atomic E-state index is 12.1. The summed E-state index contributed by atoms with van der Waals surface area (Å²) in [5, 5.41) is 16.8. The third-order valence-electron chi connectivity index (χ3n) is 4.19. The molecule has 3 N–H and O–H groups in total. The highest BCUT2D eigenvalue weighted by atomic mass is 127. The molecule has 1 aliphatic rings. The number of hydrogen-bond donors (Lipinski definition) is 3. The Hall–Kier alpha value is -1.42. The predicted octanol–water partition coefficient (Wildman–Crippen LogP) is 1.54. The molecule has 26 heavy (non-hydrogen) atoms. The molecule has 0 aliphatic carbocycles. The van der Waals surface area contributed by atoms with E-state index in [1.54, 1.807) is 24.5 Å². The lowest BCUT2D eigenvalue weighted by Crippen LogP contribution is -2.45. The van der Waals surface area contributed by atoms with Gasteiger partial charge in [-0.15, -0.1) is 24.0 Å². The van der Waals surface area contributed by atoms with Crippen LogP contribution in [0.15, 0.2) is 29.5 Å². The van der Waals surface area contributed by atoms with Crippen LogP contribution in [0.5, 0.6) is 0 Å². The highest BCUT2D eigenvalue weighted by molar-refractivity contribution is 14.0. The van der Waals surface area contributed by atoms with E-state index in [-0.39, 0.29) is 48.4 Å². The van der Waals surface area contributed by atoms with Gasteiger partial charge in [0.2, 0.25) is 5.91 Å². The highest BCUT2D eigenvalue weighted by Gasteiger charge is 2.27. The summed E-state index contributed by atoms with van der Waals surface area (Å²) >= 11 is 0. The molecule has 2 atom stereocenters. The van der Waals surface area contributed by atoms with Gasteiger partial charge in [-0.05, 0) is 31.0 Å². The molecule has 1 fully saturated rings. The molecule has 2 unspecified atom stereocenters. The number of hydrogen-bond acceptors (Lipinski definition) is 4. The van der Waals surface area contributed by atoms with E-state index in [9.17, 15) is 9.90 Å². The van der Waals surface area contributed by atoms with Crippen molar-refractivity contribution in [3.05, 3.63) is 30.1 Å². The number of carbonyl (C=O) groups excluding carboxylic acids is 1. The summed E-state index contributed by atoms with van der Waals surface area (Å²) in [5.41, 5.74) is 0.796. The predicted molar refractivity (Wildman–Crippen MR) is 114 cm³/mol. The number of nitrogens with one attached hydrogen (secondary N) is 2. The first-order valence-electron chi connectivity index (χ1n) is 8.92. The molecule has 0 spiro atoms. The third kappa shape index (κ3) is 6.71. The molecule has 0 saturated carbocycles. The van der Waals surface area contributed by atoms with E-state index in [1.165, 1.54) is 0 Å². The Bertz CT molecular complexity index is 582. The van der Waals surface area contributed by atoms with E-state index in [1.807, 2.05) is 25.7 Å². The fourth-order valence-corrected chi connectivity index (χ4v) is 2.83. The van der Waals surface area contributed by atoms with Crippen molar-refractivity contribution in [2.45, 2.75) is 39.3 Å². The normalized spacial score (nSPS) is 18.4. The minimum atomic E-state index is -0.666. The zero-order valence-electron chi connectivity index (χ0n) is 15.7. The molecular formula is C18H30IN5O2. The van der Waals surface area contributed by atoms with Gasteiger partial charge >= 0.3 is 0 Å². The summed E-state index contributed by atoms with van der Waals surface area (Å²) in [5.74, 6) is 0.884. The molecular weight excluding hydrogens is 445 g/mol. The van der Waals surface area contributed by atoms with Crippen LogP contribution in [0.4, 0.5) is 0 Å². The number of pyridine rings is 1. The van der Waals surface area contributed by atoms with Crippen LogP contribution in [0, 0.1) is 5.92 Å². The smallest absolute Gasteiger partial charge is 0.225 e. The van der Waals surface area contributed by atoms with E-state index in [0.29, 0.717) is 12.5 Å². The van der Waals surface area contributed by atoms with Crippen LogP contribution in [-0.4, -0.2) is 59.1 Å². The van der Waals surface area contributed by atoms with Crippen molar-refractivity contribution in [1.82, 2.24) is 20.5 Å². The second-order valence-corrected chi connectivity index (χ2v) is 6.58. The molecule has 146 valence electrons. The molecule has 1 amide bonds. The Morgan fingerprint density at radius 3 is 2.73 bits per heavy atom. The summed E-state index contributed by atoms with van der Waals surface area (Å²) < 4.78 is 0. The standard InChI is InChI=1S/C18H29N5O2.HI/c1-4-20-18(21-11-16(24)14-5-8-19-9-6-14)22-15-7-10-23(12-15)17(25)13(2)3;/h5-6,8-9,13,15-16,24H,4,7,10-12H2,1-3H3,(H2,20,21,22);1H. The number of nitrogens with zero attached hydrogens (tertiary/aromatic N) is 3. The maximum atomic E-state index is 12.1. The number of carbonyl (C=O) groups is 1. The monoisotopic (exact) mass is 475 g/mol. The second-order valence-electron chi connectivity index (χ2n) is 6.58. The van der Waals surface area contributed by atoms with Crippen LogP contribution in [-0.2, 0) is 4.79 Å². The first-order chi connectivity index (χ1) is 12.0. The number of halogens is 1. The number of aliphatic imine (C=N–C) groups is 1. The number of guanidine groups is 1. The number of rotatable bonds is 6. The summed E-state index contributed by atoms with van der Waals surface area (Å²) in [6.07, 6.45) is 3.55. The first kappa shape index (κ1) is 22.6. The van der Waals surface area contributed by atoms with Crippen molar-refractivity contribution in [2.75, 3.05) is 26.2 Å². The molecule has 2 heterocycles. The molecule has 8 heteroatoms. The van der Waals surface area contributed by atoms with Crippen LogP contribution < -0.4 is 10.6 Å². The zero-order valence-corrected chi connectivity index (χ0v) is 18.0. The molecule has 1 aromatic heterocycles. The zero-order chi connectivity index (χ0) is 18.2. The van der Waals surface area contributed by atoms with Crippen molar-refractivity contribution in [3.63, 3.8) is 0 Å². The largest absolute Gasteiger partial charge is 0.386 e. The van der Waals surface area contributed by atoms with Gasteiger partial charge in [0, 0.05) is 44.0 Å². The van der Waals surface area contributed by atoms with Gasteiger partial charge < -0.3 is 20.6 Å². The van der Waals surface area contributed by atoms with Gasteiger partial charge in [0.25, 0.3) is 0 Å². The van der Waals surface area contributed by atoms with Gasteiger partial charge in [0.1, 0.15) is 0 Å². The highest BCUT2D eigenvalue weighted by Crippen LogP contribution is 2.13. The van der Waals surface area contributed by atoms with E-state index in [2.05, 4.69) is 20.6 Å². The first-order valence-corrected chi connectivity index (χ1v) is 8.92. The van der Waals surface area contributed by atoms with Crippen LogP contribution in [0.2, 0.25) is 0 Å². The molecule has 1 saturated heterocycles. The van der Waals surface area contributed by atoms with Crippen LogP contribution in [0.25, 0.3) is 0 Å². The molecule has 0 radical (unpaired) electrons. The number of amides is 1. The van der Waals surface area contributed by atoms with Gasteiger partial charge in [0.15, 0.2) is 5.96 Å². The Morgan fingerprint density at radius 2 is 2.12 bits per heavy atom. The van der Waals surface area contributed by atoms with E-state index in [4.69, 9.17) is 0 Å². The molecule has 1 aliphatic heterocycles. The molecule has 7 nitrogen and oxygen atoms in total. The lowest BCUT2D eigenvalue weighted by atomic mass is 10.1. The number of likely N-dealkylation sites (tertiary alicyclic amines) is 1. The Kier molecular flexibility index (Phi) is 9.85. The fourth-order valence-electron chi connectivity index (χ4n) is 2.83. The second kappa shape index (κ2) is 11.3. The van der Waals surface area contributed by atoms with Gasteiger partial charge in [-0.3, -0.25) is 14.8 Å².